The first-order valence-electron chi connectivity index (χ1n) is 11.2. The lowest BCUT2D eigenvalue weighted by molar-refractivity contribution is -0.139. The van der Waals surface area contributed by atoms with E-state index in [9.17, 15) is 19.5 Å². The van der Waals surface area contributed by atoms with Crippen molar-refractivity contribution in [3.05, 3.63) is 101 Å². The molecule has 0 aliphatic rings. The summed E-state index contributed by atoms with van der Waals surface area (Å²) < 4.78 is 5.02. The van der Waals surface area contributed by atoms with E-state index in [2.05, 4.69) is 29.6 Å². The molecule has 0 aliphatic heterocycles. The Balaban J connectivity index is 1.60. The maximum atomic E-state index is 12.6. The average Bonchev–Trinajstić information content (AvgIpc) is 2.86. The van der Waals surface area contributed by atoms with Crippen LogP contribution >= 0.6 is 0 Å². The highest BCUT2D eigenvalue weighted by atomic mass is 16.5. The standard InChI is InChI=1S/C27H28N2O6/c28-23(16-18-11-12-24(35-17-25(30)31)22(15-18)27(33)34)26(32)29-14-13-21(19-7-3-1-4-8-19)20-9-5-2-6-10-20/h1-12,15,21,23H,13-14,16-17,28H2,(H,29,32)(H,30,31)(H,33,34)/t23-/m0/s1. The zero-order valence-electron chi connectivity index (χ0n) is 19.1. The number of hydrogen-bond donors (Lipinski definition) is 4. The van der Waals surface area contributed by atoms with Crippen LogP contribution in [0, 0.1) is 0 Å². The van der Waals surface area contributed by atoms with Crippen LogP contribution in [-0.4, -0.2) is 47.3 Å². The Morgan fingerprint density at radius 3 is 2.03 bits per heavy atom. The van der Waals surface area contributed by atoms with Crippen LogP contribution in [-0.2, 0) is 16.0 Å². The molecule has 3 rings (SSSR count). The van der Waals surface area contributed by atoms with E-state index in [1.54, 1.807) is 6.07 Å². The number of nitrogens with two attached hydrogens (primary N) is 1. The molecule has 3 aromatic rings. The van der Waals surface area contributed by atoms with Gasteiger partial charge < -0.3 is 26.0 Å². The smallest absolute Gasteiger partial charge is 0.341 e. The zero-order valence-corrected chi connectivity index (χ0v) is 19.1. The van der Waals surface area contributed by atoms with Crippen molar-refractivity contribution in [3.63, 3.8) is 0 Å². The van der Waals surface area contributed by atoms with Gasteiger partial charge in [-0.25, -0.2) is 9.59 Å². The fourth-order valence-electron chi connectivity index (χ4n) is 3.85. The predicted octanol–water partition coefficient (Wildman–Crippen LogP) is 3.06. The van der Waals surface area contributed by atoms with Crippen LogP contribution in [0.15, 0.2) is 78.9 Å². The molecule has 182 valence electrons. The number of carbonyl (C=O) groups is 3. The highest BCUT2D eigenvalue weighted by Crippen LogP contribution is 2.27. The topological polar surface area (TPSA) is 139 Å². The van der Waals surface area contributed by atoms with Gasteiger partial charge in [0.25, 0.3) is 0 Å². The molecule has 35 heavy (non-hydrogen) atoms. The van der Waals surface area contributed by atoms with Crippen molar-refractivity contribution in [2.75, 3.05) is 13.2 Å². The molecule has 8 nitrogen and oxygen atoms in total. The Hall–Kier alpha value is -4.17. The van der Waals surface area contributed by atoms with Crippen LogP contribution in [0.3, 0.4) is 0 Å². The second kappa shape index (κ2) is 12.3. The number of benzene rings is 3. The quantitative estimate of drug-likeness (QED) is 0.315. The average molecular weight is 477 g/mol. The Labute approximate surface area is 203 Å². The maximum absolute atomic E-state index is 12.6. The van der Waals surface area contributed by atoms with Gasteiger partial charge in [0.1, 0.15) is 11.3 Å². The molecule has 0 spiro atoms. The highest BCUT2D eigenvalue weighted by molar-refractivity contribution is 5.91. The van der Waals surface area contributed by atoms with E-state index < -0.39 is 24.6 Å². The largest absolute Gasteiger partial charge is 0.481 e. The number of amides is 1. The molecule has 0 unspecified atom stereocenters. The number of aliphatic carboxylic acids is 1. The fourth-order valence-corrected chi connectivity index (χ4v) is 3.85. The van der Waals surface area contributed by atoms with E-state index in [-0.39, 0.29) is 29.6 Å². The van der Waals surface area contributed by atoms with Crippen molar-refractivity contribution < 1.29 is 29.3 Å². The first-order valence-corrected chi connectivity index (χ1v) is 11.2. The summed E-state index contributed by atoms with van der Waals surface area (Å²) in [4.78, 5) is 34.9. The molecule has 1 amide bonds. The minimum absolute atomic E-state index is 0.0606. The number of aromatic carboxylic acids is 1. The van der Waals surface area contributed by atoms with Gasteiger partial charge >= 0.3 is 11.9 Å². The van der Waals surface area contributed by atoms with Gasteiger partial charge in [0, 0.05) is 12.5 Å². The number of rotatable bonds is 12. The van der Waals surface area contributed by atoms with Crippen molar-refractivity contribution >= 4 is 17.8 Å². The predicted molar refractivity (Wildman–Crippen MR) is 131 cm³/mol. The Morgan fingerprint density at radius 2 is 1.49 bits per heavy atom. The molecule has 0 fully saturated rings. The Bertz CT molecular complexity index is 1110. The monoisotopic (exact) mass is 476 g/mol. The van der Waals surface area contributed by atoms with E-state index in [1.165, 1.54) is 12.1 Å². The van der Waals surface area contributed by atoms with E-state index in [0.29, 0.717) is 18.5 Å². The summed E-state index contributed by atoms with van der Waals surface area (Å²) >= 11 is 0. The van der Waals surface area contributed by atoms with Crippen molar-refractivity contribution in [1.82, 2.24) is 5.32 Å². The molecule has 0 saturated heterocycles. The van der Waals surface area contributed by atoms with Crippen LogP contribution in [0.2, 0.25) is 0 Å². The van der Waals surface area contributed by atoms with Gasteiger partial charge in [-0.2, -0.15) is 0 Å². The third kappa shape index (κ3) is 7.41. The number of carbonyl (C=O) groups excluding carboxylic acids is 1. The van der Waals surface area contributed by atoms with Gasteiger partial charge in [-0.05, 0) is 41.7 Å². The van der Waals surface area contributed by atoms with Gasteiger partial charge in [-0.3, -0.25) is 4.79 Å². The minimum atomic E-state index is -1.27. The Kier molecular flexibility index (Phi) is 8.97. The molecular weight excluding hydrogens is 448 g/mol. The van der Waals surface area contributed by atoms with E-state index in [4.69, 9.17) is 15.6 Å². The molecule has 1 atom stereocenters. The fraction of sp³-hybridized carbons (Fsp3) is 0.222. The number of carboxylic acid groups (broad SMARTS) is 2. The van der Waals surface area contributed by atoms with Crippen molar-refractivity contribution in [2.24, 2.45) is 5.73 Å². The summed E-state index contributed by atoms with van der Waals surface area (Å²) in [5.41, 5.74) is 8.73. The second-order valence-corrected chi connectivity index (χ2v) is 8.08. The molecule has 0 heterocycles. The third-order valence-corrected chi connectivity index (χ3v) is 5.55. The summed E-state index contributed by atoms with van der Waals surface area (Å²) in [6.07, 6.45) is 0.803. The second-order valence-electron chi connectivity index (χ2n) is 8.08. The number of hydrogen-bond acceptors (Lipinski definition) is 5. The molecule has 0 aliphatic carbocycles. The normalized spacial score (nSPS) is 11.6. The molecule has 0 aromatic heterocycles. The SMILES string of the molecule is N[C@@H](Cc1ccc(OCC(=O)O)c(C(=O)O)c1)C(=O)NCCC(c1ccccc1)c1ccccc1. The van der Waals surface area contributed by atoms with Gasteiger partial charge in [0.15, 0.2) is 6.61 Å². The molecular formula is C27H28N2O6. The lowest BCUT2D eigenvalue weighted by Gasteiger charge is -2.19. The van der Waals surface area contributed by atoms with E-state index in [1.807, 2.05) is 36.4 Å². The molecule has 5 N–H and O–H groups in total. The van der Waals surface area contributed by atoms with Crippen LogP contribution in [0.4, 0.5) is 0 Å². The molecule has 0 saturated carbocycles. The highest BCUT2D eigenvalue weighted by Gasteiger charge is 2.19. The molecule has 3 aromatic carbocycles. The first-order chi connectivity index (χ1) is 16.8. The lowest BCUT2D eigenvalue weighted by atomic mass is 9.88. The first kappa shape index (κ1) is 25.5. The number of nitrogens with one attached hydrogen (secondary N) is 1. The van der Waals surface area contributed by atoms with Gasteiger partial charge in [0.05, 0.1) is 6.04 Å². The van der Waals surface area contributed by atoms with Crippen molar-refractivity contribution in [1.29, 1.82) is 0 Å². The maximum Gasteiger partial charge on any atom is 0.341 e. The van der Waals surface area contributed by atoms with Crippen LogP contribution in [0.1, 0.15) is 39.4 Å². The summed E-state index contributed by atoms with van der Waals surface area (Å²) in [7, 11) is 0. The zero-order chi connectivity index (χ0) is 25.2. The van der Waals surface area contributed by atoms with Gasteiger partial charge in [-0.1, -0.05) is 66.7 Å². The minimum Gasteiger partial charge on any atom is -0.481 e. The third-order valence-electron chi connectivity index (χ3n) is 5.55. The van der Waals surface area contributed by atoms with Crippen molar-refractivity contribution in [3.8, 4) is 5.75 Å². The summed E-state index contributed by atoms with van der Waals surface area (Å²) in [6.45, 7) is -0.238. The van der Waals surface area contributed by atoms with Crippen LogP contribution in [0.25, 0.3) is 0 Å². The molecule has 0 bridgehead atoms. The van der Waals surface area contributed by atoms with Crippen LogP contribution in [0.5, 0.6) is 5.75 Å². The lowest BCUT2D eigenvalue weighted by Crippen LogP contribution is -2.42. The van der Waals surface area contributed by atoms with E-state index >= 15 is 0 Å². The van der Waals surface area contributed by atoms with Gasteiger partial charge in [-0.15, -0.1) is 0 Å². The van der Waals surface area contributed by atoms with E-state index in [0.717, 1.165) is 11.1 Å². The van der Waals surface area contributed by atoms with Crippen LogP contribution < -0.4 is 15.8 Å². The number of ether oxygens (including phenoxy) is 1. The van der Waals surface area contributed by atoms with Crippen molar-refractivity contribution in [2.45, 2.75) is 24.8 Å². The summed E-state index contributed by atoms with van der Waals surface area (Å²) in [5, 5.41) is 21.0. The number of carboxylic acids is 2. The summed E-state index contributed by atoms with van der Waals surface area (Å²) in [5.74, 6) is -2.77. The molecule has 8 heteroatoms. The summed E-state index contributed by atoms with van der Waals surface area (Å²) in [6, 6.07) is 23.5. The Morgan fingerprint density at radius 1 is 0.886 bits per heavy atom. The van der Waals surface area contributed by atoms with Gasteiger partial charge in [0.2, 0.25) is 5.91 Å². The molecule has 0 radical (unpaired) electrons.